The number of anilines is 1. The molecule has 2 aromatic heterocycles. The molecule has 0 atom stereocenters. The summed E-state index contributed by atoms with van der Waals surface area (Å²) in [5.41, 5.74) is 0.842. The van der Waals surface area contributed by atoms with E-state index in [9.17, 15) is 9.18 Å². The number of carbonyl (C=O) groups is 1. The lowest BCUT2D eigenvalue weighted by atomic mass is 10.2. The smallest absolute Gasteiger partial charge is 0.292 e. The lowest BCUT2D eigenvalue weighted by Gasteiger charge is -2.04. The number of nitrogens with zero attached hydrogens (tertiary/aromatic N) is 2. The molecule has 0 unspecified atom stereocenters. The van der Waals surface area contributed by atoms with Crippen molar-refractivity contribution in [3.8, 4) is 5.75 Å². The van der Waals surface area contributed by atoms with Crippen LogP contribution in [0.25, 0.3) is 0 Å². The molecule has 1 N–H and O–H groups in total. The van der Waals surface area contributed by atoms with Crippen molar-refractivity contribution >= 4 is 34.9 Å². The normalized spacial score (nSPS) is 10.8. The largest absolute Gasteiger partial charge is 0.486 e. The number of hydrogen-bond donors (Lipinski definition) is 1. The third-order valence-electron chi connectivity index (χ3n) is 4.27. The maximum absolute atomic E-state index is 13.0. The van der Waals surface area contributed by atoms with E-state index < -0.39 is 5.91 Å². The molecular weight excluding hydrogens is 444 g/mol. The Morgan fingerprint density at radius 3 is 2.71 bits per heavy atom. The summed E-state index contributed by atoms with van der Waals surface area (Å²) < 4.78 is 25.7. The summed E-state index contributed by atoms with van der Waals surface area (Å²) >= 11 is 12.1. The average Bonchev–Trinajstić information content (AvgIpc) is 3.35. The van der Waals surface area contributed by atoms with Crippen molar-refractivity contribution in [2.45, 2.75) is 13.2 Å². The van der Waals surface area contributed by atoms with E-state index in [4.69, 9.17) is 32.4 Å². The van der Waals surface area contributed by atoms with Crippen molar-refractivity contribution in [2.75, 3.05) is 5.32 Å². The molecule has 4 rings (SSSR count). The van der Waals surface area contributed by atoms with Crippen molar-refractivity contribution in [1.82, 2.24) is 9.78 Å². The van der Waals surface area contributed by atoms with Gasteiger partial charge in [0.25, 0.3) is 5.91 Å². The predicted molar refractivity (Wildman–Crippen MR) is 115 cm³/mol. The van der Waals surface area contributed by atoms with Crippen LogP contribution in [0.1, 0.15) is 21.9 Å². The molecule has 0 spiro atoms. The van der Waals surface area contributed by atoms with Gasteiger partial charge in [0, 0.05) is 11.2 Å². The molecule has 31 heavy (non-hydrogen) atoms. The molecule has 6 nitrogen and oxygen atoms in total. The lowest BCUT2D eigenvalue weighted by molar-refractivity contribution is 0.0992. The number of hydrogen-bond acceptors (Lipinski definition) is 4. The van der Waals surface area contributed by atoms with Crippen LogP contribution in [0.2, 0.25) is 10.0 Å². The standard InChI is InChI=1S/C22H16Cl2FN3O3/c23-15-2-1-3-17(10-15)30-13-18-8-9-20(31-18)22(29)26-21-19(24)12-28(27-21)11-14-4-6-16(25)7-5-14/h1-10,12H,11,13H2,(H,26,27,29). The van der Waals surface area contributed by atoms with Crippen molar-refractivity contribution in [2.24, 2.45) is 0 Å². The van der Waals surface area contributed by atoms with E-state index in [2.05, 4.69) is 10.4 Å². The van der Waals surface area contributed by atoms with Crippen LogP contribution < -0.4 is 10.1 Å². The Kier molecular flexibility index (Phi) is 6.25. The van der Waals surface area contributed by atoms with Crippen molar-refractivity contribution in [3.05, 3.63) is 99.8 Å². The van der Waals surface area contributed by atoms with Crippen LogP contribution in [0, 0.1) is 5.82 Å². The maximum atomic E-state index is 13.0. The van der Waals surface area contributed by atoms with Gasteiger partial charge in [-0.3, -0.25) is 9.48 Å². The number of benzene rings is 2. The number of halogens is 3. The zero-order valence-corrected chi connectivity index (χ0v) is 17.5. The van der Waals surface area contributed by atoms with Crippen molar-refractivity contribution in [1.29, 1.82) is 0 Å². The molecule has 9 heteroatoms. The van der Waals surface area contributed by atoms with Gasteiger partial charge in [-0.15, -0.1) is 0 Å². The summed E-state index contributed by atoms with van der Waals surface area (Å²) in [4.78, 5) is 12.5. The SMILES string of the molecule is O=C(Nc1nn(Cc2ccc(F)cc2)cc1Cl)c1ccc(COc2cccc(Cl)c2)o1. The quantitative estimate of drug-likeness (QED) is 0.379. The second-order valence-electron chi connectivity index (χ2n) is 6.62. The molecule has 4 aromatic rings. The molecule has 1 amide bonds. The van der Waals surface area contributed by atoms with Crippen LogP contribution in [-0.4, -0.2) is 15.7 Å². The first-order chi connectivity index (χ1) is 15.0. The summed E-state index contributed by atoms with van der Waals surface area (Å²) in [6, 6.07) is 16.2. The minimum Gasteiger partial charge on any atom is -0.486 e. The average molecular weight is 460 g/mol. The van der Waals surface area contributed by atoms with Crippen LogP contribution in [0.4, 0.5) is 10.2 Å². The zero-order chi connectivity index (χ0) is 21.8. The van der Waals surface area contributed by atoms with Gasteiger partial charge in [0.05, 0.1) is 6.54 Å². The summed E-state index contributed by atoms with van der Waals surface area (Å²) in [7, 11) is 0. The highest BCUT2D eigenvalue weighted by atomic mass is 35.5. The topological polar surface area (TPSA) is 69.3 Å². The van der Waals surface area contributed by atoms with Crippen LogP contribution >= 0.6 is 23.2 Å². The fraction of sp³-hybridized carbons (Fsp3) is 0.0909. The van der Waals surface area contributed by atoms with Gasteiger partial charge in [0.2, 0.25) is 0 Å². The van der Waals surface area contributed by atoms with Gasteiger partial charge in [-0.25, -0.2) is 4.39 Å². The van der Waals surface area contributed by atoms with Gasteiger partial charge in [-0.2, -0.15) is 5.10 Å². The fourth-order valence-corrected chi connectivity index (χ4v) is 3.18. The number of carbonyl (C=O) groups excluding carboxylic acids is 1. The first-order valence-corrected chi connectivity index (χ1v) is 9.98. The molecule has 158 valence electrons. The van der Waals surface area contributed by atoms with E-state index in [0.717, 1.165) is 5.56 Å². The van der Waals surface area contributed by atoms with Gasteiger partial charge in [-0.1, -0.05) is 41.4 Å². The summed E-state index contributed by atoms with van der Waals surface area (Å²) in [6.45, 7) is 0.516. The first-order valence-electron chi connectivity index (χ1n) is 9.22. The highest BCUT2D eigenvalue weighted by Crippen LogP contribution is 2.22. The van der Waals surface area contributed by atoms with Gasteiger partial charge in [0.15, 0.2) is 11.6 Å². The van der Waals surface area contributed by atoms with Crippen LogP contribution in [-0.2, 0) is 13.2 Å². The van der Waals surface area contributed by atoms with Gasteiger partial charge in [-0.05, 0) is 48.0 Å². The minimum absolute atomic E-state index is 0.0915. The van der Waals surface area contributed by atoms with Crippen molar-refractivity contribution < 1.29 is 18.3 Å². The Hall–Kier alpha value is -3.29. The number of rotatable bonds is 7. The highest BCUT2D eigenvalue weighted by Gasteiger charge is 2.16. The molecule has 0 aliphatic heterocycles. The number of amides is 1. The predicted octanol–water partition coefficient (Wildman–Crippen LogP) is 5.80. The molecule has 0 saturated carbocycles. The Morgan fingerprint density at radius 1 is 1.13 bits per heavy atom. The number of furan rings is 1. The Morgan fingerprint density at radius 2 is 1.94 bits per heavy atom. The summed E-state index contributed by atoms with van der Waals surface area (Å²) in [6.07, 6.45) is 1.58. The second-order valence-corrected chi connectivity index (χ2v) is 7.46. The Bertz CT molecular complexity index is 1200. The van der Waals surface area contributed by atoms with Crippen molar-refractivity contribution in [3.63, 3.8) is 0 Å². The Balaban J connectivity index is 1.37. The molecule has 0 saturated heterocycles. The minimum atomic E-state index is -0.497. The van der Waals surface area contributed by atoms with Crippen LogP contribution in [0.3, 0.4) is 0 Å². The van der Waals surface area contributed by atoms with Crippen LogP contribution in [0.15, 0.2) is 71.3 Å². The van der Waals surface area contributed by atoms with E-state index in [1.54, 1.807) is 53.3 Å². The van der Waals surface area contributed by atoms with Gasteiger partial charge < -0.3 is 14.5 Å². The van der Waals surface area contributed by atoms with E-state index in [1.165, 1.54) is 18.2 Å². The van der Waals surface area contributed by atoms with Gasteiger partial charge >= 0.3 is 0 Å². The number of nitrogens with one attached hydrogen (secondary N) is 1. The molecule has 2 aromatic carbocycles. The summed E-state index contributed by atoms with van der Waals surface area (Å²) in [5, 5.41) is 7.72. The first kappa shape index (κ1) is 21.0. The molecular formula is C22H16Cl2FN3O3. The lowest BCUT2D eigenvalue weighted by Crippen LogP contribution is -2.12. The molecule has 0 radical (unpaired) electrons. The molecule has 0 aliphatic rings. The monoisotopic (exact) mass is 459 g/mol. The molecule has 0 aliphatic carbocycles. The van der Waals surface area contributed by atoms with E-state index in [1.807, 2.05) is 0 Å². The third-order valence-corrected chi connectivity index (χ3v) is 4.78. The van der Waals surface area contributed by atoms with E-state index in [-0.39, 0.29) is 29.0 Å². The molecule has 2 heterocycles. The zero-order valence-electron chi connectivity index (χ0n) is 16.0. The fourth-order valence-electron chi connectivity index (χ4n) is 2.80. The molecule has 0 bridgehead atoms. The number of ether oxygens (including phenoxy) is 1. The van der Waals surface area contributed by atoms with E-state index in [0.29, 0.717) is 23.1 Å². The number of aromatic nitrogens is 2. The third kappa shape index (κ3) is 5.45. The Labute approximate surface area is 187 Å². The van der Waals surface area contributed by atoms with Crippen LogP contribution in [0.5, 0.6) is 5.75 Å². The summed E-state index contributed by atoms with van der Waals surface area (Å²) in [5.74, 6) is 0.538. The van der Waals surface area contributed by atoms with Gasteiger partial charge in [0.1, 0.15) is 29.0 Å². The van der Waals surface area contributed by atoms with E-state index >= 15 is 0 Å². The molecule has 0 fully saturated rings. The second kappa shape index (κ2) is 9.24. The highest BCUT2D eigenvalue weighted by molar-refractivity contribution is 6.33. The maximum Gasteiger partial charge on any atom is 0.292 e.